The minimum absolute atomic E-state index is 0.214. The summed E-state index contributed by atoms with van der Waals surface area (Å²) in [4.78, 5) is 11.7. The molecule has 2 rings (SSSR count). The van der Waals surface area contributed by atoms with Gasteiger partial charge in [0.1, 0.15) is 11.8 Å². The van der Waals surface area contributed by atoms with Crippen molar-refractivity contribution < 1.29 is 14.3 Å². The van der Waals surface area contributed by atoms with Gasteiger partial charge in [-0.1, -0.05) is 24.3 Å². The third-order valence-corrected chi connectivity index (χ3v) is 3.20. The second-order valence-electron chi connectivity index (χ2n) is 4.46. The lowest BCUT2D eigenvalue weighted by Crippen LogP contribution is -2.13. The highest BCUT2D eigenvalue weighted by atomic mass is 16.5. The summed E-state index contributed by atoms with van der Waals surface area (Å²) in [7, 11) is 1.63. The molecular weight excluding hydrogens is 254 g/mol. The van der Waals surface area contributed by atoms with Gasteiger partial charge in [-0.25, -0.2) is 0 Å². The Morgan fingerprint density at radius 2 is 1.95 bits per heavy atom. The first kappa shape index (κ1) is 13.9. The quantitative estimate of drug-likeness (QED) is 0.800. The van der Waals surface area contributed by atoms with Crippen molar-refractivity contribution >= 4 is 16.7 Å². The van der Waals surface area contributed by atoms with Crippen LogP contribution in [0.3, 0.4) is 0 Å². The lowest BCUT2D eigenvalue weighted by Gasteiger charge is -2.11. The van der Waals surface area contributed by atoms with Crippen molar-refractivity contribution in [1.82, 2.24) is 0 Å². The van der Waals surface area contributed by atoms with E-state index in [0.29, 0.717) is 0 Å². The summed E-state index contributed by atoms with van der Waals surface area (Å²) in [6.45, 7) is 1.55. The number of methoxy groups -OCH3 is 1. The van der Waals surface area contributed by atoms with Crippen LogP contribution >= 0.6 is 0 Å². The first-order valence-corrected chi connectivity index (χ1v) is 6.27. The fourth-order valence-corrected chi connectivity index (χ4v) is 2.00. The molecule has 0 amide bonds. The van der Waals surface area contributed by atoms with Gasteiger partial charge in [-0.05, 0) is 35.4 Å². The molecular formula is C16H15NO3. The van der Waals surface area contributed by atoms with Crippen LogP contribution < -0.4 is 4.74 Å². The summed E-state index contributed by atoms with van der Waals surface area (Å²) in [6, 6.07) is 13.3. The standard InChI is InChI=1S/C16H15NO3/c1-11(16(18)20-8-7-17)12-3-4-14-10-15(19-2)6-5-13(14)9-12/h3-6,9-11H,8H2,1-2H3. The second-order valence-corrected chi connectivity index (χ2v) is 4.46. The molecule has 0 aliphatic rings. The smallest absolute Gasteiger partial charge is 0.314 e. The molecule has 0 N–H and O–H groups in total. The highest BCUT2D eigenvalue weighted by molar-refractivity contribution is 5.86. The number of nitrogens with zero attached hydrogens (tertiary/aromatic N) is 1. The Labute approximate surface area is 117 Å². The molecule has 0 spiro atoms. The monoisotopic (exact) mass is 269 g/mol. The van der Waals surface area contributed by atoms with E-state index in [0.717, 1.165) is 22.1 Å². The molecule has 0 heterocycles. The number of nitriles is 1. The Balaban J connectivity index is 2.27. The van der Waals surface area contributed by atoms with Crippen molar-refractivity contribution in [2.45, 2.75) is 12.8 Å². The molecule has 4 heteroatoms. The Morgan fingerprint density at radius 3 is 2.65 bits per heavy atom. The van der Waals surface area contributed by atoms with Crippen molar-refractivity contribution in [2.24, 2.45) is 0 Å². The van der Waals surface area contributed by atoms with Crippen molar-refractivity contribution in [1.29, 1.82) is 5.26 Å². The molecule has 1 unspecified atom stereocenters. The van der Waals surface area contributed by atoms with E-state index in [1.807, 2.05) is 36.4 Å². The molecule has 0 radical (unpaired) electrons. The number of benzene rings is 2. The number of carbonyl (C=O) groups excluding carboxylic acids is 1. The van der Waals surface area contributed by atoms with Crippen LogP contribution in [0.2, 0.25) is 0 Å². The zero-order valence-corrected chi connectivity index (χ0v) is 11.4. The Hall–Kier alpha value is -2.54. The van der Waals surface area contributed by atoms with Crippen LogP contribution in [0.4, 0.5) is 0 Å². The maximum Gasteiger partial charge on any atom is 0.314 e. The van der Waals surface area contributed by atoms with Crippen LogP contribution in [0, 0.1) is 11.3 Å². The first-order chi connectivity index (χ1) is 9.65. The summed E-state index contributed by atoms with van der Waals surface area (Å²) in [5, 5.41) is 10.5. The molecule has 0 saturated heterocycles. The molecule has 4 nitrogen and oxygen atoms in total. The van der Waals surface area contributed by atoms with E-state index in [-0.39, 0.29) is 12.6 Å². The number of fused-ring (bicyclic) bond motifs is 1. The predicted molar refractivity (Wildman–Crippen MR) is 75.5 cm³/mol. The van der Waals surface area contributed by atoms with E-state index in [1.165, 1.54) is 0 Å². The van der Waals surface area contributed by atoms with E-state index in [9.17, 15) is 4.79 Å². The van der Waals surface area contributed by atoms with Gasteiger partial charge in [0.15, 0.2) is 6.61 Å². The van der Waals surface area contributed by atoms with Crippen LogP contribution in [0.25, 0.3) is 10.8 Å². The van der Waals surface area contributed by atoms with Gasteiger partial charge in [-0.15, -0.1) is 0 Å². The summed E-state index contributed by atoms with van der Waals surface area (Å²) < 4.78 is 10.0. The van der Waals surface area contributed by atoms with Gasteiger partial charge >= 0.3 is 5.97 Å². The van der Waals surface area contributed by atoms with Gasteiger partial charge in [0.05, 0.1) is 13.0 Å². The van der Waals surface area contributed by atoms with E-state index >= 15 is 0 Å². The minimum Gasteiger partial charge on any atom is -0.497 e. The lowest BCUT2D eigenvalue weighted by atomic mass is 9.98. The maximum absolute atomic E-state index is 11.7. The topological polar surface area (TPSA) is 59.3 Å². The number of rotatable bonds is 4. The predicted octanol–water partition coefficient (Wildman–Crippen LogP) is 3.02. The number of hydrogen-bond donors (Lipinski definition) is 0. The average molecular weight is 269 g/mol. The van der Waals surface area contributed by atoms with E-state index in [1.54, 1.807) is 20.1 Å². The molecule has 0 aromatic heterocycles. The highest BCUT2D eigenvalue weighted by Crippen LogP contribution is 2.25. The molecule has 0 aliphatic carbocycles. The van der Waals surface area contributed by atoms with E-state index in [4.69, 9.17) is 14.7 Å². The average Bonchev–Trinajstić information content (AvgIpc) is 2.50. The van der Waals surface area contributed by atoms with Crippen molar-refractivity contribution in [3.8, 4) is 11.8 Å². The van der Waals surface area contributed by atoms with E-state index in [2.05, 4.69) is 0 Å². The molecule has 0 aliphatic heterocycles. The van der Waals surface area contributed by atoms with E-state index < -0.39 is 5.92 Å². The second kappa shape index (κ2) is 6.07. The number of esters is 1. The largest absolute Gasteiger partial charge is 0.497 e. The zero-order valence-electron chi connectivity index (χ0n) is 11.4. The molecule has 1 atom stereocenters. The third-order valence-electron chi connectivity index (χ3n) is 3.20. The SMILES string of the molecule is COc1ccc2cc(C(C)C(=O)OCC#N)ccc2c1. The molecule has 2 aromatic carbocycles. The molecule has 102 valence electrons. The van der Waals surface area contributed by atoms with Crippen LogP contribution in [0.1, 0.15) is 18.4 Å². The van der Waals surface area contributed by atoms with Gasteiger partial charge in [0.25, 0.3) is 0 Å². The van der Waals surface area contributed by atoms with Crippen molar-refractivity contribution in [3.05, 3.63) is 42.0 Å². The van der Waals surface area contributed by atoms with Gasteiger partial charge in [-0.3, -0.25) is 4.79 Å². The van der Waals surface area contributed by atoms with Crippen molar-refractivity contribution in [2.75, 3.05) is 13.7 Å². The summed E-state index contributed by atoms with van der Waals surface area (Å²) in [6.07, 6.45) is 0. The zero-order chi connectivity index (χ0) is 14.5. The highest BCUT2D eigenvalue weighted by Gasteiger charge is 2.16. The maximum atomic E-state index is 11.7. The molecule has 2 aromatic rings. The van der Waals surface area contributed by atoms with Crippen LogP contribution in [-0.4, -0.2) is 19.7 Å². The molecule has 0 fully saturated rings. The molecule has 20 heavy (non-hydrogen) atoms. The first-order valence-electron chi connectivity index (χ1n) is 6.27. The Morgan fingerprint density at radius 1 is 1.25 bits per heavy atom. The Kier molecular flexibility index (Phi) is 4.21. The fraction of sp³-hybridized carbons (Fsp3) is 0.250. The fourth-order valence-electron chi connectivity index (χ4n) is 2.00. The third kappa shape index (κ3) is 2.89. The minimum atomic E-state index is -0.394. The summed E-state index contributed by atoms with van der Waals surface area (Å²) in [5.74, 6) is 0.0148. The van der Waals surface area contributed by atoms with Crippen LogP contribution in [0.15, 0.2) is 36.4 Å². The number of ether oxygens (including phenoxy) is 2. The summed E-state index contributed by atoms with van der Waals surface area (Å²) >= 11 is 0. The molecule has 0 saturated carbocycles. The van der Waals surface area contributed by atoms with Crippen LogP contribution in [-0.2, 0) is 9.53 Å². The van der Waals surface area contributed by atoms with Gasteiger partial charge < -0.3 is 9.47 Å². The number of carbonyl (C=O) groups is 1. The van der Waals surface area contributed by atoms with Crippen molar-refractivity contribution in [3.63, 3.8) is 0 Å². The van der Waals surface area contributed by atoms with Gasteiger partial charge in [0, 0.05) is 0 Å². The lowest BCUT2D eigenvalue weighted by molar-refractivity contribution is -0.143. The summed E-state index contributed by atoms with van der Waals surface area (Å²) in [5.41, 5.74) is 0.866. The normalized spacial score (nSPS) is 11.7. The Bertz CT molecular complexity index is 673. The number of hydrogen-bond acceptors (Lipinski definition) is 4. The van der Waals surface area contributed by atoms with Gasteiger partial charge in [-0.2, -0.15) is 5.26 Å². The van der Waals surface area contributed by atoms with Crippen LogP contribution in [0.5, 0.6) is 5.75 Å². The van der Waals surface area contributed by atoms with Gasteiger partial charge in [0.2, 0.25) is 0 Å². The molecule has 0 bridgehead atoms.